The highest BCUT2D eigenvalue weighted by Gasteiger charge is 2.30. The molecule has 1 aliphatic rings. The number of nitrogens with two attached hydrogens (primary N) is 2. The van der Waals surface area contributed by atoms with Gasteiger partial charge < -0.3 is 26.0 Å². The molecule has 2 aromatic carbocycles. The minimum Gasteiger partial charge on any atom is -0.484 e. The maximum atomic E-state index is 14.9. The van der Waals surface area contributed by atoms with Crippen molar-refractivity contribution >= 4 is 23.3 Å². The minimum absolute atomic E-state index is 0.000592. The van der Waals surface area contributed by atoms with Crippen LogP contribution in [0.1, 0.15) is 28.6 Å². The lowest BCUT2D eigenvalue weighted by molar-refractivity contribution is 0.243. The molecule has 1 aliphatic heterocycles. The number of hydrogen-bond acceptors (Lipinski definition) is 12. The van der Waals surface area contributed by atoms with E-state index < -0.39 is 11.9 Å². The molecule has 2 aromatic heterocycles. The van der Waals surface area contributed by atoms with E-state index in [0.717, 1.165) is 0 Å². The van der Waals surface area contributed by atoms with Crippen LogP contribution < -0.4 is 26.8 Å². The Hall–Kier alpha value is -5.69. The Kier molecular flexibility index (Phi) is 5.93. The van der Waals surface area contributed by atoms with E-state index in [4.69, 9.17) is 26.0 Å². The van der Waals surface area contributed by atoms with Crippen molar-refractivity contribution in [3.63, 3.8) is 0 Å². The summed E-state index contributed by atoms with van der Waals surface area (Å²) in [4.78, 5) is 12.9. The number of ether oxygens (including phenoxy) is 1. The lowest BCUT2D eigenvalue weighted by atomic mass is 9.94. The van der Waals surface area contributed by atoms with Crippen molar-refractivity contribution in [3.05, 3.63) is 76.9 Å². The molecular formula is C24H17FN10O2. The molecule has 0 aliphatic carbocycles. The molecule has 1 unspecified atom stereocenters. The standard InChI is InChI=1S/C24H17FN10O2/c25-16-7-6-12(8-14(16)22-31-17(37-35-22)10-36-13-4-2-1-3-5-13)20-18-19(28)15(9-26)21(29)33-23(18)34-24(32-20)30-11-27/h1-8,20H,10H2,(H6,28,29,30,32,33,34). The van der Waals surface area contributed by atoms with E-state index in [1.54, 1.807) is 18.3 Å². The van der Waals surface area contributed by atoms with Gasteiger partial charge in [0.1, 0.15) is 40.9 Å². The number of fused-ring (bicyclic) bond motifs is 1. The number of benzene rings is 2. The molecule has 0 bridgehead atoms. The predicted octanol–water partition coefficient (Wildman–Crippen LogP) is 2.83. The van der Waals surface area contributed by atoms with Crippen LogP contribution in [0, 0.1) is 28.6 Å². The Morgan fingerprint density at radius 2 is 1.95 bits per heavy atom. The lowest BCUT2D eigenvalue weighted by Crippen LogP contribution is -2.32. The summed E-state index contributed by atoms with van der Waals surface area (Å²) in [6.45, 7) is -0.00592. The summed E-state index contributed by atoms with van der Waals surface area (Å²) in [5, 5.41) is 27.7. The van der Waals surface area contributed by atoms with Crippen molar-refractivity contribution in [1.29, 1.82) is 10.5 Å². The van der Waals surface area contributed by atoms with Crippen molar-refractivity contribution in [1.82, 2.24) is 20.4 Å². The second-order valence-corrected chi connectivity index (χ2v) is 7.75. The van der Waals surface area contributed by atoms with Crippen LogP contribution in [0.5, 0.6) is 5.75 Å². The zero-order valence-corrected chi connectivity index (χ0v) is 18.9. The van der Waals surface area contributed by atoms with Gasteiger partial charge in [-0.15, -0.1) is 0 Å². The Bertz CT molecular complexity index is 1600. The highest BCUT2D eigenvalue weighted by molar-refractivity contribution is 5.98. The number of hydrogen-bond donors (Lipinski definition) is 4. The summed E-state index contributed by atoms with van der Waals surface area (Å²) >= 11 is 0. The van der Waals surface area contributed by atoms with Gasteiger partial charge in [-0.05, 0) is 29.8 Å². The van der Waals surface area contributed by atoms with Crippen molar-refractivity contribution in [2.24, 2.45) is 4.99 Å². The van der Waals surface area contributed by atoms with Gasteiger partial charge in [0.25, 0.3) is 5.89 Å². The molecule has 1 atom stereocenters. The zero-order valence-electron chi connectivity index (χ0n) is 18.9. The maximum absolute atomic E-state index is 14.9. The third kappa shape index (κ3) is 4.40. The molecule has 4 aromatic rings. The van der Waals surface area contributed by atoms with Crippen LogP contribution in [0.15, 0.2) is 58.0 Å². The summed E-state index contributed by atoms with van der Waals surface area (Å²) < 4.78 is 25.7. The number of nitrogen functional groups attached to an aromatic ring is 2. The SMILES string of the molecule is N#CNC1=NC(c2ccc(F)c(-c3noc(COc4ccccc4)n3)c2)c2c(nc(N)c(C#N)c2N)N1. The van der Waals surface area contributed by atoms with E-state index >= 15 is 0 Å². The third-order valence-electron chi connectivity index (χ3n) is 5.48. The molecule has 0 radical (unpaired) electrons. The van der Waals surface area contributed by atoms with Gasteiger partial charge in [0.15, 0.2) is 12.8 Å². The molecule has 0 spiro atoms. The number of rotatable bonds is 5. The Balaban J connectivity index is 1.52. The number of anilines is 3. The van der Waals surface area contributed by atoms with Crippen LogP contribution >= 0.6 is 0 Å². The first-order chi connectivity index (χ1) is 18.0. The fraction of sp³-hybridized carbons (Fsp3) is 0.0833. The number of guanidine groups is 1. The topological polar surface area (TPSA) is 197 Å². The Morgan fingerprint density at radius 3 is 2.70 bits per heavy atom. The van der Waals surface area contributed by atoms with Crippen LogP contribution in [0.2, 0.25) is 0 Å². The quantitative estimate of drug-likeness (QED) is 0.234. The van der Waals surface area contributed by atoms with E-state index in [1.807, 2.05) is 24.3 Å². The number of nitrogens with one attached hydrogen (secondary N) is 2. The number of halogens is 1. The molecule has 182 valence electrons. The van der Waals surface area contributed by atoms with Gasteiger partial charge in [-0.2, -0.15) is 15.5 Å². The second-order valence-electron chi connectivity index (χ2n) is 7.75. The van der Waals surface area contributed by atoms with Crippen molar-refractivity contribution < 1.29 is 13.7 Å². The molecule has 5 rings (SSSR count). The molecule has 0 fully saturated rings. The number of nitriles is 2. The first-order valence-corrected chi connectivity index (χ1v) is 10.8. The first kappa shape index (κ1) is 23.1. The van der Waals surface area contributed by atoms with Gasteiger partial charge in [-0.3, -0.25) is 5.32 Å². The summed E-state index contributed by atoms with van der Waals surface area (Å²) in [5.74, 6) is 0.356. The zero-order chi connectivity index (χ0) is 25.9. The van der Waals surface area contributed by atoms with Crippen LogP contribution in [0.25, 0.3) is 11.4 Å². The fourth-order valence-electron chi connectivity index (χ4n) is 3.79. The Labute approximate surface area is 209 Å². The largest absolute Gasteiger partial charge is 0.484 e. The van der Waals surface area contributed by atoms with E-state index in [9.17, 15) is 9.65 Å². The smallest absolute Gasteiger partial charge is 0.264 e. The highest BCUT2D eigenvalue weighted by atomic mass is 19.1. The average Bonchev–Trinajstić information content (AvgIpc) is 3.37. The lowest BCUT2D eigenvalue weighted by Gasteiger charge is -2.26. The second kappa shape index (κ2) is 9.52. The molecule has 13 heteroatoms. The predicted molar refractivity (Wildman–Crippen MR) is 130 cm³/mol. The van der Waals surface area contributed by atoms with Gasteiger partial charge in [0, 0.05) is 5.56 Å². The molecule has 0 amide bonds. The number of para-hydroxylation sites is 1. The third-order valence-corrected chi connectivity index (χ3v) is 5.48. The van der Waals surface area contributed by atoms with Crippen molar-refractivity contribution in [3.8, 4) is 29.4 Å². The molecule has 3 heterocycles. The number of pyridine rings is 1. The van der Waals surface area contributed by atoms with Gasteiger partial charge in [0.2, 0.25) is 11.8 Å². The van der Waals surface area contributed by atoms with E-state index in [-0.39, 0.29) is 52.7 Å². The maximum Gasteiger partial charge on any atom is 0.264 e. The van der Waals surface area contributed by atoms with Crippen LogP contribution in [-0.2, 0) is 6.61 Å². The van der Waals surface area contributed by atoms with Gasteiger partial charge in [0.05, 0.1) is 11.3 Å². The summed E-state index contributed by atoms with van der Waals surface area (Å²) in [5.41, 5.74) is 13.0. The van der Waals surface area contributed by atoms with Gasteiger partial charge in [-0.25, -0.2) is 14.4 Å². The number of aromatic nitrogens is 3. The van der Waals surface area contributed by atoms with E-state index in [0.29, 0.717) is 16.9 Å². The molecule has 0 saturated carbocycles. The van der Waals surface area contributed by atoms with Gasteiger partial charge >= 0.3 is 0 Å². The monoisotopic (exact) mass is 496 g/mol. The summed E-state index contributed by atoms with van der Waals surface area (Å²) in [7, 11) is 0. The molecule has 12 nitrogen and oxygen atoms in total. The minimum atomic E-state index is -0.862. The molecule has 0 saturated heterocycles. The molecule has 37 heavy (non-hydrogen) atoms. The Morgan fingerprint density at radius 1 is 1.14 bits per heavy atom. The summed E-state index contributed by atoms with van der Waals surface area (Å²) in [6.07, 6.45) is 1.77. The van der Waals surface area contributed by atoms with E-state index in [2.05, 4.69) is 30.8 Å². The number of nitrogens with zero attached hydrogens (tertiary/aromatic N) is 6. The average molecular weight is 496 g/mol. The van der Waals surface area contributed by atoms with Crippen molar-refractivity contribution in [2.75, 3.05) is 16.8 Å². The molecular weight excluding hydrogens is 479 g/mol. The van der Waals surface area contributed by atoms with Crippen LogP contribution in [-0.4, -0.2) is 21.1 Å². The van der Waals surface area contributed by atoms with Gasteiger partial charge in [-0.1, -0.05) is 29.4 Å². The fourth-order valence-corrected chi connectivity index (χ4v) is 3.79. The van der Waals surface area contributed by atoms with Crippen LogP contribution in [0.4, 0.5) is 21.7 Å². The van der Waals surface area contributed by atoms with Crippen molar-refractivity contribution in [2.45, 2.75) is 12.6 Å². The van der Waals surface area contributed by atoms with E-state index in [1.165, 1.54) is 18.2 Å². The summed E-state index contributed by atoms with van der Waals surface area (Å²) in [6, 6.07) is 14.3. The first-order valence-electron chi connectivity index (χ1n) is 10.8. The molecule has 6 N–H and O–H groups in total. The van der Waals surface area contributed by atoms with Crippen LogP contribution in [0.3, 0.4) is 0 Å². The highest BCUT2D eigenvalue weighted by Crippen LogP contribution is 2.41. The number of aliphatic imine (C=N–C) groups is 1. The normalized spacial score (nSPS) is 13.9.